The van der Waals surface area contributed by atoms with Crippen LogP contribution in [-0.4, -0.2) is 97.4 Å². The minimum atomic E-state index is -1.32. The van der Waals surface area contributed by atoms with Crippen molar-refractivity contribution in [2.75, 3.05) is 53.4 Å². The van der Waals surface area contributed by atoms with Crippen molar-refractivity contribution in [1.82, 2.24) is 24.0 Å². The lowest BCUT2D eigenvalue weighted by molar-refractivity contribution is 0.0622. The second-order valence-corrected chi connectivity index (χ2v) is 15.3. The largest absolute Gasteiger partial charge is 0.396 e. The van der Waals surface area contributed by atoms with E-state index in [1.54, 1.807) is 0 Å². The molecule has 1 unspecified atom stereocenters. The van der Waals surface area contributed by atoms with Gasteiger partial charge in [0.1, 0.15) is 16.7 Å². The predicted molar refractivity (Wildman–Crippen MR) is 181 cm³/mol. The van der Waals surface area contributed by atoms with E-state index in [4.69, 9.17) is 4.98 Å². The molecule has 2 aliphatic rings. The average Bonchev–Trinajstić information content (AvgIpc) is 3.38. The van der Waals surface area contributed by atoms with Crippen molar-refractivity contribution in [3.8, 4) is 23.1 Å². The Hall–Kier alpha value is -3.39. The zero-order valence-electron chi connectivity index (χ0n) is 27.1. The van der Waals surface area contributed by atoms with Gasteiger partial charge in [-0.3, -0.25) is 14.6 Å². The van der Waals surface area contributed by atoms with Crippen LogP contribution in [-0.2, 0) is 24.1 Å². The molecule has 0 spiro atoms. The summed E-state index contributed by atoms with van der Waals surface area (Å²) in [6, 6.07) is 20.0. The number of hydrogen-bond donors (Lipinski definition) is 1. The second-order valence-electron chi connectivity index (χ2n) is 13.1. The van der Waals surface area contributed by atoms with E-state index in [9.17, 15) is 14.1 Å². The Bertz CT molecular complexity index is 1580. The Morgan fingerprint density at radius 2 is 1.78 bits per heavy atom. The molecule has 45 heavy (non-hydrogen) atoms. The molecule has 1 aromatic heterocycles. The van der Waals surface area contributed by atoms with Gasteiger partial charge in [-0.2, -0.15) is 0 Å². The van der Waals surface area contributed by atoms with Crippen LogP contribution in [0.4, 0.5) is 0 Å². The summed E-state index contributed by atoms with van der Waals surface area (Å²) >= 11 is 0. The van der Waals surface area contributed by atoms with Gasteiger partial charge in [0.2, 0.25) is 0 Å². The molecule has 9 heteroatoms. The molecule has 0 aliphatic carbocycles. The van der Waals surface area contributed by atoms with Crippen molar-refractivity contribution >= 4 is 16.9 Å². The summed E-state index contributed by atoms with van der Waals surface area (Å²) in [6.45, 7) is 10.6. The maximum Gasteiger partial charge on any atom is 0.272 e. The SMILES string of the molecule is CN(C)CC#Cc1cccc(-c2nc(C(=O)N3CCN(Cc4ccccc4)CC3)cc3c2[C@@H](CCO)N(S(=O)C(C)(C)C)C3)c1. The van der Waals surface area contributed by atoms with Crippen molar-refractivity contribution < 1.29 is 14.1 Å². The van der Waals surface area contributed by atoms with Crippen molar-refractivity contribution in [1.29, 1.82) is 0 Å². The quantitative estimate of drug-likeness (QED) is 0.375. The first-order chi connectivity index (χ1) is 21.5. The monoisotopic (exact) mass is 627 g/mol. The highest BCUT2D eigenvalue weighted by atomic mass is 32.2. The number of carbonyl (C=O) groups is 1. The van der Waals surface area contributed by atoms with Crippen LogP contribution in [0.5, 0.6) is 0 Å². The van der Waals surface area contributed by atoms with Crippen molar-refractivity contribution in [3.05, 3.63) is 88.6 Å². The molecule has 0 radical (unpaired) electrons. The standard InChI is InChI=1S/C36H45N5O3S/c1-36(2,3)45(44)41-26-30-24-31(35(43)40-20-18-39(19-21-40)25-28-11-7-6-8-12-28)37-34(33(30)32(41)16-22-42)29-15-9-13-27(23-29)14-10-17-38(4)5/h6-9,11-13,15,23-24,32,42H,16-22,25-26H2,1-5H3/t32-,45?/m1/s1. The number of aliphatic hydroxyl groups excluding tert-OH is 1. The zero-order chi connectivity index (χ0) is 32.1. The van der Waals surface area contributed by atoms with E-state index in [1.807, 2.05) is 85.4 Å². The van der Waals surface area contributed by atoms with E-state index < -0.39 is 15.7 Å². The van der Waals surface area contributed by atoms with Gasteiger partial charge in [0.25, 0.3) is 5.91 Å². The predicted octanol–water partition coefficient (Wildman–Crippen LogP) is 4.32. The number of hydrogen-bond acceptors (Lipinski definition) is 6. The summed E-state index contributed by atoms with van der Waals surface area (Å²) < 4.78 is 15.2. The molecule has 0 bridgehead atoms. The zero-order valence-corrected chi connectivity index (χ0v) is 27.9. The van der Waals surface area contributed by atoms with Gasteiger partial charge in [0.15, 0.2) is 0 Å². The Morgan fingerprint density at radius 1 is 1.04 bits per heavy atom. The molecule has 2 aliphatic heterocycles. The third kappa shape index (κ3) is 7.89. The summed E-state index contributed by atoms with van der Waals surface area (Å²) in [5.41, 5.74) is 5.96. The number of nitrogens with zero attached hydrogens (tertiary/aromatic N) is 5. The van der Waals surface area contributed by atoms with Gasteiger partial charge in [0.05, 0.1) is 23.0 Å². The molecule has 3 aromatic rings. The highest BCUT2D eigenvalue weighted by molar-refractivity contribution is 7.84. The van der Waals surface area contributed by atoms with Crippen molar-refractivity contribution in [3.63, 3.8) is 0 Å². The van der Waals surface area contributed by atoms with Gasteiger partial charge < -0.3 is 10.0 Å². The summed E-state index contributed by atoms with van der Waals surface area (Å²) in [5, 5.41) is 10.1. The maximum atomic E-state index is 14.0. The number of aromatic nitrogens is 1. The van der Waals surface area contributed by atoms with Crippen LogP contribution in [0.25, 0.3) is 11.3 Å². The molecule has 5 rings (SSSR count). The molecule has 1 fully saturated rings. The molecule has 3 heterocycles. The number of rotatable bonds is 8. The topological polar surface area (TPSA) is 80.2 Å². The summed E-state index contributed by atoms with van der Waals surface area (Å²) in [5.74, 6) is 6.36. The average molecular weight is 628 g/mol. The van der Waals surface area contributed by atoms with Crippen LogP contribution in [0.15, 0.2) is 60.7 Å². The Morgan fingerprint density at radius 3 is 2.44 bits per heavy atom. The normalized spacial score (nSPS) is 18.0. The third-order valence-electron chi connectivity index (χ3n) is 8.18. The van der Waals surface area contributed by atoms with Crippen LogP contribution in [0.1, 0.15) is 66.0 Å². The van der Waals surface area contributed by atoms with E-state index in [0.717, 1.165) is 41.9 Å². The molecule has 2 atom stereocenters. The summed E-state index contributed by atoms with van der Waals surface area (Å²) in [6.07, 6.45) is 0.419. The number of pyridine rings is 1. The molecule has 1 amide bonds. The van der Waals surface area contributed by atoms with Gasteiger partial charge in [-0.1, -0.05) is 54.3 Å². The summed E-state index contributed by atoms with van der Waals surface area (Å²) in [7, 11) is 2.64. The number of carbonyl (C=O) groups excluding carboxylic acids is 1. The molecular formula is C36H45N5O3S. The van der Waals surface area contributed by atoms with Crippen LogP contribution in [0.2, 0.25) is 0 Å². The fraction of sp³-hybridized carbons (Fsp3) is 0.444. The lowest BCUT2D eigenvalue weighted by Gasteiger charge is -2.34. The van der Waals surface area contributed by atoms with E-state index in [0.29, 0.717) is 44.0 Å². The first-order valence-electron chi connectivity index (χ1n) is 15.7. The van der Waals surface area contributed by atoms with Crippen LogP contribution in [0.3, 0.4) is 0 Å². The van der Waals surface area contributed by atoms with Crippen LogP contribution in [0, 0.1) is 11.8 Å². The number of piperazine rings is 1. The lowest BCUT2D eigenvalue weighted by Crippen LogP contribution is -2.48. The number of aliphatic hydroxyl groups is 1. The number of amides is 1. The van der Waals surface area contributed by atoms with Gasteiger partial charge in [-0.05, 0) is 70.6 Å². The highest BCUT2D eigenvalue weighted by Crippen LogP contribution is 2.44. The molecule has 8 nitrogen and oxygen atoms in total. The Balaban J connectivity index is 1.49. The molecular weight excluding hydrogens is 582 g/mol. The van der Waals surface area contributed by atoms with E-state index in [1.165, 1.54) is 5.56 Å². The van der Waals surface area contributed by atoms with Crippen molar-refractivity contribution in [2.45, 2.75) is 51.1 Å². The Labute approximate surface area is 270 Å². The molecule has 2 aromatic carbocycles. The number of benzene rings is 2. The van der Waals surface area contributed by atoms with E-state index in [-0.39, 0.29) is 18.6 Å². The fourth-order valence-corrected chi connectivity index (χ4v) is 7.36. The highest BCUT2D eigenvalue weighted by Gasteiger charge is 2.40. The minimum absolute atomic E-state index is 0.0502. The smallest absolute Gasteiger partial charge is 0.272 e. The first kappa shape index (κ1) is 33.0. The maximum absolute atomic E-state index is 14.0. The first-order valence-corrected chi connectivity index (χ1v) is 16.8. The van der Waals surface area contributed by atoms with Gasteiger partial charge in [-0.25, -0.2) is 13.5 Å². The second kappa shape index (κ2) is 14.4. The van der Waals surface area contributed by atoms with Gasteiger partial charge in [0, 0.05) is 62.6 Å². The molecule has 238 valence electrons. The Kier molecular flexibility index (Phi) is 10.5. The summed E-state index contributed by atoms with van der Waals surface area (Å²) in [4.78, 5) is 25.3. The van der Waals surface area contributed by atoms with Crippen LogP contribution >= 0.6 is 0 Å². The van der Waals surface area contributed by atoms with E-state index in [2.05, 4.69) is 41.0 Å². The van der Waals surface area contributed by atoms with Gasteiger partial charge in [-0.15, -0.1) is 0 Å². The lowest BCUT2D eigenvalue weighted by atomic mass is 9.95. The fourth-order valence-electron chi connectivity index (χ4n) is 5.96. The van der Waals surface area contributed by atoms with Gasteiger partial charge >= 0.3 is 0 Å². The molecule has 1 N–H and O–H groups in total. The molecule has 0 saturated carbocycles. The third-order valence-corrected chi connectivity index (χ3v) is 10.0. The molecule has 1 saturated heterocycles. The van der Waals surface area contributed by atoms with Crippen LogP contribution < -0.4 is 0 Å². The van der Waals surface area contributed by atoms with E-state index >= 15 is 0 Å². The van der Waals surface area contributed by atoms with Crippen molar-refractivity contribution in [2.24, 2.45) is 0 Å². The number of fused-ring (bicyclic) bond motifs is 1. The minimum Gasteiger partial charge on any atom is -0.396 e.